The van der Waals surface area contributed by atoms with Crippen molar-refractivity contribution in [3.63, 3.8) is 0 Å². The van der Waals surface area contributed by atoms with Crippen molar-refractivity contribution in [2.45, 2.75) is 481 Å². The fraction of sp³-hybridized carbons (Fsp3) is 0.900. The van der Waals surface area contributed by atoms with Crippen LogP contribution >= 0.6 is 0 Å². The number of halogens is 1. The van der Waals surface area contributed by atoms with Gasteiger partial charge in [-0.3, -0.25) is 19.6 Å². The second-order valence-electron chi connectivity index (χ2n) is 56.5. The molecule has 792 valence electrons. The lowest BCUT2D eigenvalue weighted by molar-refractivity contribution is -0.00389. The molecule has 10 aliphatic heterocycles. The Bertz CT molecular complexity index is 3300. The third kappa shape index (κ3) is 49.9. The zero-order valence-corrected chi connectivity index (χ0v) is 98.2. The minimum absolute atomic E-state index is 0. The number of piperidine rings is 2. The van der Waals surface area contributed by atoms with E-state index in [1.54, 1.807) is 12.5 Å². The van der Waals surface area contributed by atoms with Crippen molar-refractivity contribution in [1.82, 2.24) is 53.9 Å². The molecule has 0 bridgehead atoms. The number of aliphatic hydroxyl groups excluding tert-OH is 1. The smallest absolute Gasteiger partial charge is 0.122 e. The second-order valence-corrected chi connectivity index (χ2v) is 56.5. The van der Waals surface area contributed by atoms with Crippen LogP contribution in [0.3, 0.4) is 0 Å². The van der Waals surface area contributed by atoms with Gasteiger partial charge >= 0.3 is 0 Å². The minimum Gasteiger partial charge on any atom is -0.395 e. The first-order chi connectivity index (χ1) is 60.4. The topological polar surface area (TPSA) is 65.1 Å². The van der Waals surface area contributed by atoms with E-state index in [4.69, 9.17) is 9.84 Å². The SMILES string of the molecule is C.CC(C)(C)C1CCN(C2CCCCC2)CC1.CC(C)(C)N1CCCC1.CC(C)(C)N1CCCC1CO.CC(C)(C)N1CCOCC1.CC(C)(C)c1ccccc1.CC1CC(C(C)(C)C)N(C)C1.CC1CC(C(C)(C)C)N(C)C1.CN(C)C(C)(C)C.CN1CC(C)(F)CC1C(C)(C)C.CN1CCC(C(C)(C)C)CC1.CN1CCCC1C(C)(C)C.CN1CCc2c(cccc2C(C)(C)C)C1. The van der Waals surface area contributed by atoms with Crippen LogP contribution in [0.2, 0.25) is 0 Å². The van der Waals surface area contributed by atoms with E-state index < -0.39 is 5.67 Å². The van der Waals surface area contributed by atoms with E-state index in [-0.39, 0.29) is 23.8 Å². The average molecular weight is 1890 g/mol. The van der Waals surface area contributed by atoms with Crippen LogP contribution in [0.5, 0.6) is 0 Å². The van der Waals surface area contributed by atoms with E-state index in [0.29, 0.717) is 80.8 Å². The molecule has 2 aromatic rings. The van der Waals surface area contributed by atoms with E-state index in [0.717, 1.165) is 93.7 Å². The fourth-order valence-corrected chi connectivity index (χ4v) is 22.1. The average Bonchev–Trinajstić information content (AvgIpc) is 0.968. The highest BCUT2D eigenvalue weighted by atomic mass is 19.1. The maximum absolute atomic E-state index is 13.6. The first-order valence-electron chi connectivity index (χ1n) is 54.3. The number of nitrogens with zero attached hydrogens (tertiary/aromatic N) is 11. The number of hydrogen-bond donors (Lipinski definition) is 1. The van der Waals surface area contributed by atoms with Crippen molar-refractivity contribution in [2.24, 2.45) is 56.2 Å². The van der Waals surface area contributed by atoms with Crippen LogP contribution in [0.4, 0.5) is 4.39 Å². The lowest BCUT2D eigenvalue weighted by Gasteiger charge is -2.43. The summed E-state index contributed by atoms with van der Waals surface area (Å²) in [5.41, 5.74) is 9.59. The summed E-state index contributed by atoms with van der Waals surface area (Å²) in [6, 6.07) is 21.5. The molecule has 0 aromatic heterocycles. The van der Waals surface area contributed by atoms with Crippen molar-refractivity contribution >= 4 is 0 Å². The number of hydrogen-bond acceptors (Lipinski definition) is 13. The molecule has 2 aromatic carbocycles. The van der Waals surface area contributed by atoms with E-state index in [9.17, 15) is 4.39 Å². The highest BCUT2D eigenvalue weighted by Crippen LogP contribution is 2.42. The number of rotatable bonds is 2. The van der Waals surface area contributed by atoms with Crippen molar-refractivity contribution in [3.05, 3.63) is 70.8 Å². The Morgan fingerprint density at radius 3 is 1.13 bits per heavy atom. The lowest BCUT2D eigenvalue weighted by atomic mass is 9.75. The van der Waals surface area contributed by atoms with Crippen molar-refractivity contribution < 1.29 is 14.2 Å². The zero-order valence-electron chi connectivity index (χ0n) is 98.2. The van der Waals surface area contributed by atoms with Gasteiger partial charge in [0.25, 0.3) is 0 Å². The van der Waals surface area contributed by atoms with Crippen LogP contribution in [0, 0.1) is 56.2 Å². The maximum atomic E-state index is 13.6. The van der Waals surface area contributed by atoms with Crippen LogP contribution in [-0.2, 0) is 28.5 Å². The number of benzene rings is 2. The standard InChI is InChI=1S/C15H29N.C14H21N.C10H20FN.3C10H21N.C10H14.C9H19NO.C9H19N.C8H17NO.C8H17N.C6H15N.CH4/c1-15(2,3)13-9-11-16(12-10-13)14-7-5-4-6-8-14;1-14(2,3)13-7-5-6-11-10-15(4)9-8-12(11)13;1-9(2,3)8-6-10(4,11)7-12(8)5;2*1-8-6-9(10(2,3)4)11(5)7-8;1-10(2,3)9-5-7-11(4)8-6-9;1-10(2,3)9-7-5-4-6-8-9;1-9(2,3)10-6-4-5-8(10)7-11;1-9(2,3)8-6-5-7-10(8)4;1-8(2,3)9-4-6-10-7-5-9;1-8(2,3)9-6-4-5-7-9;1-6(2,3)7(4)5;/h13-14H,4-12H2,1-3H3;5-7H,8-10H2,1-4H3;8H,6-7H2,1-5H3;2*8-9H,6-7H2,1-5H3;9H,5-8H2,1-4H3;4-8H,1-3H3;8,11H,4-7H2,1-3H3;8H,5-7H2,1-4H3;4-7H2,1-3H3;4-7H2,1-3H3;1-5H3;1H4. The number of fused-ring (bicyclic) bond motifs is 1. The van der Waals surface area contributed by atoms with Gasteiger partial charge in [0.05, 0.1) is 19.8 Å². The van der Waals surface area contributed by atoms with Gasteiger partial charge in [-0.15, -0.1) is 0 Å². The van der Waals surface area contributed by atoms with Crippen LogP contribution < -0.4 is 0 Å². The maximum Gasteiger partial charge on any atom is 0.122 e. The van der Waals surface area contributed by atoms with E-state index >= 15 is 0 Å². The van der Waals surface area contributed by atoms with Gasteiger partial charge in [0.15, 0.2) is 0 Å². The van der Waals surface area contributed by atoms with Crippen LogP contribution in [0.1, 0.15) is 415 Å². The normalized spacial score (nSPS) is 25.6. The summed E-state index contributed by atoms with van der Waals surface area (Å²) in [6.45, 7) is 109. The zero-order chi connectivity index (χ0) is 102. The van der Waals surface area contributed by atoms with Crippen LogP contribution in [0.15, 0.2) is 48.5 Å². The van der Waals surface area contributed by atoms with Gasteiger partial charge in [-0.1, -0.05) is 255 Å². The lowest BCUT2D eigenvalue weighted by Crippen LogP contribution is -2.47. The summed E-state index contributed by atoms with van der Waals surface area (Å²) in [5, 5.41) is 9.06. The predicted octanol–water partition coefficient (Wildman–Crippen LogP) is 28.0. The summed E-state index contributed by atoms with van der Waals surface area (Å²) in [4.78, 5) is 26.8. The molecule has 134 heavy (non-hydrogen) atoms. The molecule has 1 aliphatic carbocycles. The number of morpholine rings is 1. The van der Waals surface area contributed by atoms with Crippen LogP contribution in [0.25, 0.3) is 0 Å². The number of aliphatic hydroxyl groups is 1. The van der Waals surface area contributed by atoms with E-state index in [1.807, 2.05) is 7.05 Å². The van der Waals surface area contributed by atoms with E-state index in [2.05, 4.69) is 415 Å². The van der Waals surface area contributed by atoms with Gasteiger partial charge in [-0.2, -0.15) is 0 Å². The van der Waals surface area contributed by atoms with Gasteiger partial charge in [0, 0.05) is 104 Å². The van der Waals surface area contributed by atoms with Crippen molar-refractivity contribution in [2.75, 3.05) is 168 Å². The Morgan fingerprint density at radius 2 is 0.836 bits per heavy atom. The van der Waals surface area contributed by atoms with Crippen LogP contribution in [-0.4, -0.2) is 291 Å². The molecule has 1 N–H and O–H groups in total. The summed E-state index contributed by atoms with van der Waals surface area (Å²) < 4.78 is 18.9. The molecule has 13 rings (SSSR count). The van der Waals surface area contributed by atoms with E-state index in [1.165, 1.54) is 191 Å². The third-order valence-electron chi connectivity index (χ3n) is 31.3. The van der Waals surface area contributed by atoms with Gasteiger partial charge in [-0.25, -0.2) is 4.39 Å². The highest BCUT2D eigenvalue weighted by Gasteiger charge is 2.45. The van der Waals surface area contributed by atoms with Gasteiger partial charge < -0.3 is 44.1 Å². The molecule has 0 radical (unpaired) electrons. The minimum atomic E-state index is -0.979. The molecule has 1 saturated carbocycles. The number of alkyl halides is 1. The predicted molar refractivity (Wildman–Crippen MR) is 594 cm³/mol. The second kappa shape index (κ2) is 56.9. The summed E-state index contributed by atoms with van der Waals surface area (Å²) in [6.07, 6.45) is 25.6. The molecule has 14 heteroatoms. The molecule has 10 fully saturated rings. The number of likely N-dealkylation sites (N-methyl/N-ethyl adjacent to an activating group) is 1. The quantitative estimate of drug-likeness (QED) is 0.311. The number of ether oxygens (including phenoxy) is 1. The first-order valence-corrected chi connectivity index (χ1v) is 54.3. The Kier molecular flexibility index (Phi) is 55.2. The third-order valence-corrected chi connectivity index (χ3v) is 31.3. The summed E-state index contributed by atoms with van der Waals surface area (Å²) >= 11 is 0. The Balaban J connectivity index is 0.000000734. The first kappa shape index (κ1) is 130. The van der Waals surface area contributed by atoms with Gasteiger partial charge in [0.2, 0.25) is 0 Å². The summed E-state index contributed by atoms with van der Waals surface area (Å²) in [5.74, 6) is 3.68. The van der Waals surface area contributed by atoms with Gasteiger partial charge in [0.1, 0.15) is 5.67 Å². The molecular formula is C120H238FN11O2. The molecule has 8 unspecified atom stereocenters. The fourth-order valence-electron chi connectivity index (χ4n) is 22.1. The molecule has 8 atom stereocenters. The number of likely N-dealkylation sites (tertiary alicyclic amines) is 8. The van der Waals surface area contributed by atoms with Crippen molar-refractivity contribution in [1.29, 1.82) is 0 Å². The molecule has 11 aliphatic rings. The monoisotopic (exact) mass is 1880 g/mol. The Labute approximate surface area is 838 Å². The van der Waals surface area contributed by atoms with Crippen molar-refractivity contribution in [3.8, 4) is 0 Å². The Hall–Kier alpha value is -2.15. The highest BCUT2D eigenvalue weighted by molar-refractivity contribution is 5.40. The van der Waals surface area contributed by atoms with Gasteiger partial charge in [-0.05, 0) is 391 Å². The molecule has 10 heterocycles. The largest absolute Gasteiger partial charge is 0.395 e. The Morgan fingerprint density at radius 1 is 0.410 bits per heavy atom. The molecule has 0 amide bonds. The molecule has 9 saturated heterocycles. The summed E-state index contributed by atoms with van der Waals surface area (Å²) in [7, 11) is 17.3. The molecular weight excluding hydrogens is 1650 g/mol. The molecule has 0 spiro atoms. The molecule has 13 nitrogen and oxygen atoms in total.